The molecule has 0 fully saturated rings. The molecular weight excluding hydrogens is 396 g/mol. The van der Waals surface area contributed by atoms with Gasteiger partial charge in [-0.3, -0.25) is 9.59 Å². The van der Waals surface area contributed by atoms with E-state index in [0.717, 1.165) is 27.7 Å². The van der Waals surface area contributed by atoms with E-state index in [4.69, 9.17) is 0 Å². The van der Waals surface area contributed by atoms with Crippen molar-refractivity contribution in [3.05, 3.63) is 72.4 Å². The summed E-state index contributed by atoms with van der Waals surface area (Å²) in [5.41, 5.74) is 3.76. The third-order valence-corrected chi connectivity index (χ3v) is 6.05. The first-order valence-electron chi connectivity index (χ1n) is 9.76. The maximum Gasteiger partial charge on any atom is 0.240 e. The molecule has 154 valence electrons. The number of aromatic nitrogens is 1. The highest BCUT2D eigenvalue weighted by Crippen LogP contribution is 2.32. The van der Waals surface area contributed by atoms with Crippen LogP contribution < -0.4 is 15.1 Å². The first-order valence-corrected chi connectivity index (χ1v) is 10.7. The lowest BCUT2D eigenvalue weighted by molar-refractivity contribution is -0.123. The smallest absolute Gasteiger partial charge is 0.240 e. The van der Waals surface area contributed by atoms with Gasteiger partial charge in [0.1, 0.15) is 6.54 Å². The average molecular weight is 421 g/mol. The fourth-order valence-corrected chi connectivity index (χ4v) is 4.31. The second-order valence-corrected chi connectivity index (χ2v) is 8.31. The number of fused-ring (bicyclic) bond motifs is 3. The molecule has 1 aliphatic heterocycles. The number of hydrogen-bond acceptors (Lipinski definition) is 4. The molecule has 4 rings (SSSR count). The standard InChI is InChI=1S/C23H24N4O2S/c1-25(2)18-11-9-17(10-12-18)14-24-21(28)15-27-20-7-4-3-6-19(20)26-13-5-8-23(26)30-16-22(27)29/h3-13H,14-16H2,1-2H3,(H,24,28). The van der Waals surface area contributed by atoms with Gasteiger partial charge in [0.25, 0.3) is 0 Å². The highest BCUT2D eigenvalue weighted by Gasteiger charge is 2.25. The van der Waals surface area contributed by atoms with Crippen molar-refractivity contribution in [2.45, 2.75) is 11.6 Å². The lowest BCUT2D eigenvalue weighted by Crippen LogP contribution is -2.42. The van der Waals surface area contributed by atoms with Gasteiger partial charge in [-0.05, 0) is 42.0 Å². The van der Waals surface area contributed by atoms with Gasteiger partial charge >= 0.3 is 0 Å². The Balaban J connectivity index is 1.49. The zero-order chi connectivity index (χ0) is 21.1. The Hall–Kier alpha value is -3.19. The highest BCUT2D eigenvalue weighted by atomic mass is 32.2. The number of hydrogen-bond donors (Lipinski definition) is 1. The van der Waals surface area contributed by atoms with E-state index in [0.29, 0.717) is 6.54 Å². The van der Waals surface area contributed by atoms with Crippen LogP contribution in [-0.4, -0.2) is 42.8 Å². The predicted molar refractivity (Wildman–Crippen MR) is 121 cm³/mol. The summed E-state index contributed by atoms with van der Waals surface area (Å²) in [7, 11) is 3.98. The molecule has 0 unspecified atom stereocenters. The van der Waals surface area contributed by atoms with E-state index < -0.39 is 0 Å². The van der Waals surface area contributed by atoms with Crippen LogP contribution in [0.5, 0.6) is 0 Å². The van der Waals surface area contributed by atoms with Gasteiger partial charge in [0.2, 0.25) is 11.8 Å². The molecule has 3 aromatic rings. The van der Waals surface area contributed by atoms with Crippen LogP contribution in [0.1, 0.15) is 5.56 Å². The van der Waals surface area contributed by atoms with Crippen molar-refractivity contribution >= 4 is 35.0 Å². The van der Waals surface area contributed by atoms with Gasteiger partial charge in [0.15, 0.2) is 0 Å². The van der Waals surface area contributed by atoms with E-state index in [2.05, 4.69) is 9.88 Å². The topological polar surface area (TPSA) is 57.6 Å². The van der Waals surface area contributed by atoms with E-state index in [1.165, 1.54) is 11.8 Å². The van der Waals surface area contributed by atoms with Crippen molar-refractivity contribution in [1.29, 1.82) is 0 Å². The highest BCUT2D eigenvalue weighted by molar-refractivity contribution is 7.99. The summed E-state index contributed by atoms with van der Waals surface area (Å²) in [6.45, 7) is 0.412. The summed E-state index contributed by atoms with van der Waals surface area (Å²) >= 11 is 1.48. The lowest BCUT2D eigenvalue weighted by Gasteiger charge is -2.27. The number of rotatable bonds is 5. The van der Waals surface area contributed by atoms with Crippen LogP contribution in [0.3, 0.4) is 0 Å². The molecule has 7 heteroatoms. The van der Waals surface area contributed by atoms with Crippen molar-refractivity contribution in [2.75, 3.05) is 36.2 Å². The van der Waals surface area contributed by atoms with Crippen molar-refractivity contribution in [1.82, 2.24) is 9.88 Å². The molecular formula is C23H24N4O2S. The fraction of sp³-hybridized carbons (Fsp3) is 0.217. The molecule has 2 heterocycles. The second kappa shape index (κ2) is 8.67. The number of benzene rings is 2. The molecule has 1 aromatic heterocycles. The molecule has 30 heavy (non-hydrogen) atoms. The van der Waals surface area contributed by atoms with Crippen molar-refractivity contribution in [2.24, 2.45) is 0 Å². The van der Waals surface area contributed by atoms with Gasteiger partial charge in [-0.25, -0.2) is 0 Å². The van der Waals surface area contributed by atoms with E-state index in [9.17, 15) is 9.59 Å². The number of amides is 2. The number of thioether (sulfide) groups is 1. The fourth-order valence-electron chi connectivity index (χ4n) is 3.41. The Labute approximate surface area is 180 Å². The molecule has 0 radical (unpaired) electrons. The number of nitrogens with one attached hydrogen (secondary N) is 1. The van der Waals surface area contributed by atoms with Crippen LogP contribution in [0.15, 0.2) is 71.9 Å². The van der Waals surface area contributed by atoms with Crippen molar-refractivity contribution in [3.8, 4) is 5.69 Å². The van der Waals surface area contributed by atoms with Crippen molar-refractivity contribution in [3.63, 3.8) is 0 Å². The third kappa shape index (κ3) is 4.21. The molecule has 6 nitrogen and oxygen atoms in total. The molecule has 1 aliphatic rings. The molecule has 1 N–H and O–H groups in total. The van der Waals surface area contributed by atoms with Gasteiger partial charge in [-0.2, -0.15) is 0 Å². The number of para-hydroxylation sites is 2. The molecule has 2 amide bonds. The summed E-state index contributed by atoms with van der Waals surface area (Å²) in [5, 5.41) is 3.95. The lowest BCUT2D eigenvalue weighted by atomic mass is 10.2. The van der Waals surface area contributed by atoms with Crippen LogP contribution in [0, 0.1) is 0 Å². The number of nitrogens with zero attached hydrogens (tertiary/aromatic N) is 3. The summed E-state index contributed by atoms with van der Waals surface area (Å²) in [4.78, 5) is 29.2. The van der Waals surface area contributed by atoms with Gasteiger partial charge in [-0.15, -0.1) is 0 Å². The normalized spacial score (nSPS) is 13.1. The summed E-state index contributed by atoms with van der Waals surface area (Å²) in [6.07, 6.45) is 1.98. The van der Waals surface area contributed by atoms with Crippen LogP contribution >= 0.6 is 11.8 Å². The Kier molecular flexibility index (Phi) is 5.81. The molecule has 0 saturated heterocycles. The Morgan fingerprint density at radius 2 is 1.77 bits per heavy atom. The second-order valence-electron chi connectivity index (χ2n) is 7.31. The number of carbonyl (C=O) groups excluding carboxylic acids is 2. The molecule has 0 atom stereocenters. The zero-order valence-electron chi connectivity index (χ0n) is 17.0. The minimum absolute atomic E-state index is 0.0111. The maximum absolute atomic E-state index is 12.9. The Bertz CT molecular complexity index is 1060. The monoisotopic (exact) mass is 420 g/mol. The van der Waals surface area contributed by atoms with E-state index in [1.807, 2.05) is 85.9 Å². The zero-order valence-corrected chi connectivity index (χ0v) is 17.9. The quantitative estimate of drug-likeness (QED) is 0.688. The molecule has 0 aliphatic carbocycles. The molecule has 0 saturated carbocycles. The van der Waals surface area contributed by atoms with E-state index in [-0.39, 0.29) is 24.1 Å². The Morgan fingerprint density at radius 3 is 2.50 bits per heavy atom. The largest absolute Gasteiger partial charge is 0.378 e. The Morgan fingerprint density at radius 1 is 1.03 bits per heavy atom. The maximum atomic E-state index is 12.9. The summed E-state index contributed by atoms with van der Waals surface area (Å²) in [6, 6.07) is 19.7. The van der Waals surface area contributed by atoms with E-state index >= 15 is 0 Å². The minimum atomic E-state index is -0.187. The van der Waals surface area contributed by atoms with Gasteiger partial charge in [0.05, 0.1) is 22.2 Å². The van der Waals surface area contributed by atoms with Crippen LogP contribution in [-0.2, 0) is 16.1 Å². The van der Waals surface area contributed by atoms with Gasteiger partial charge in [-0.1, -0.05) is 36.0 Å². The minimum Gasteiger partial charge on any atom is -0.378 e. The molecule has 2 aromatic carbocycles. The van der Waals surface area contributed by atoms with Crippen molar-refractivity contribution < 1.29 is 9.59 Å². The SMILES string of the molecule is CN(C)c1ccc(CNC(=O)CN2C(=O)CSc3cccn3-c3ccccc32)cc1. The number of anilines is 2. The predicted octanol–water partition coefficient (Wildman–Crippen LogP) is 3.30. The van der Waals surface area contributed by atoms with Gasteiger partial charge < -0.3 is 19.7 Å². The third-order valence-electron chi connectivity index (χ3n) is 5.03. The van der Waals surface area contributed by atoms with Crippen LogP contribution in [0.25, 0.3) is 5.69 Å². The van der Waals surface area contributed by atoms with Gasteiger partial charge in [0, 0.05) is 32.5 Å². The average Bonchev–Trinajstić information content (AvgIpc) is 3.22. The molecule has 0 spiro atoms. The first-order chi connectivity index (χ1) is 14.5. The van der Waals surface area contributed by atoms with E-state index in [1.54, 1.807) is 4.90 Å². The number of carbonyl (C=O) groups is 2. The first kappa shape index (κ1) is 20.1. The summed E-state index contributed by atoms with van der Waals surface area (Å²) < 4.78 is 2.06. The molecule has 0 bridgehead atoms. The van der Waals surface area contributed by atoms with Crippen LogP contribution in [0.4, 0.5) is 11.4 Å². The van der Waals surface area contributed by atoms with Crippen LogP contribution in [0.2, 0.25) is 0 Å². The summed E-state index contributed by atoms with van der Waals surface area (Å²) in [5.74, 6) is 0.0241.